The summed E-state index contributed by atoms with van der Waals surface area (Å²) in [5, 5.41) is 0. The first kappa shape index (κ1) is 15.0. The molecule has 1 heterocycles. The van der Waals surface area contributed by atoms with Crippen molar-refractivity contribution >= 4 is 15.8 Å². The number of carbonyl (C=O) groups excluding carboxylic acids is 1. The van der Waals surface area contributed by atoms with Gasteiger partial charge in [-0.05, 0) is 43.9 Å². The number of sulfonamides is 1. The third-order valence-corrected chi connectivity index (χ3v) is 5.86. The highest BCUT2D eigenvalue weighted by molar-refractivity contribution is 7.88. The van der Waals surface area contributed by atoms with Crippen molar-refractivity contribution in [3.63, 3.8) is 0 Å². The summed E-state index contributed by atoms with van der Waals surface area (Å²) in [5.41, 5.74) is 0. The minimum absolute atomic E-state index is 0.229. The van der Waals surface area contributed by atoms with E-state index >= 15 is 0 Å². The zero-order valence-electron chi connectivity index (χ0n) is 12.0. The smallest absolute Gasteiger partial charge is 0.211 e. The topological polar surface area (TPSA) is 54.5 Å². The quantitative estimate of drug-likeness (QED) is 0.795. The molecule has 2 aliphatic rings. The van der Waals surface area contributed by atoms with Gasteiger partial charge < -0.3 is 0 Å². The Bertz CT molecular complexity index is 432. The molecule has 0 N–H and O–H groups in total. The zero-order chi connectivity index (χ0) is 14.0. The molecule has 1 aliphatic heterocycles. The summed E-state index contributed by atoms with van der Waals surface area (Å²) in [7, 11) is -3.10. The Morgan fingerprint density at radius 3 is 2.58 bits per heavy atom. The van der Waals surface area contributed by atoms with Gasteiger partial charge in [0.05, 0.1) is 6.26 Å². The van der Waals surface area contributed by atoms with Crippen molar-refractivity contribution < 1.29 is 13.2 Å². The molecule has 19 heavy (non-hydrogen) atoms. The second-order valence-electron chi connectivity index (χ2n) is 6.41. The molecule has 4 nitrogen and oxygen atoms in total. The van der Waals surface area contributed by atoms with E-state index in [1.807, 2.05) is 0 Å². The zero-order valence-corrected chi connectivity index (χ0v) is 12.8. The number of hydrogen-bond acceptors (Lipinski definition) is 3. The summed E-state index contributed by atoms with van der Waals surface area (Å²) < 4.78 is 24.6. The molecule has 3 unspecified atom stereocenters. The number of Topliss-reactive ketones (excluding diaryl/α,β-unsaturated/α-hetero) is 1. The van der Waals surface area contributed by atoms with Crippen LogP contribution in [0.2, 0.25) is 0 Å². The van der Waals surface area contributed by atoms with E-state index in [2.05, 4.69) is 6.92 Å². The SMILES string of the molecule is CC1CCC(C(=O)CC2CCCN(S(C)(=O)=O)C2)C1. The van der Waals surface area contributed by atoms with Crippen LogP contribution in [0.4, 0.5) is 0 Å². The number of carbonyl (C=O) groups is 1. The summed E-state index contributed by atoms with van der Waals surface area (Å²) in [4.78, 5) is 12.2. The van der Waals surface area contributed by atoms with Gasteiger partial charge in [0.25, 0.3) is 0 Å². The first-order valence-corrected chi connectivity index (χ1v) is 9.19. The number of piperidine rings is 1. The fourth-order valence-electron chi connectivity index (χ4n) is 3.45. The van der Waals surface area contributed by atoms with Crippen LogP contribution < -0.4 is 0 Å². The van der Waals surface area contributed by atoms with E-state index in [0.717, 1.165) is 32.1 Å². The Labute approximate surface area is 116 Å². The molecular weight excluding hydrogens is 262 g/mol. The predicted molar refractivity (Wildman–Crippen MR) is 75.3 cm³/mol. The van der Waals surface area contributed by atoms with Crippen molar-refractivity contribution in [1.82, 2.24) is 4.31 Å². The Kier molecular flexibility index (Phi) is 4.66. The molecule has 1 saturated heterocycles. The number of rotatable bonds is 4. The average molecular weight is 287 g/mol. The monoisotopic (exact) mass is 287 g/mol. The first-order valence-electron chi connectivity index (χ1n) is 7.34. The van der Waals surface area contributed by atoms with Crippen LogP contribution in [-0.4, -0.2) is 37.9 Å². The molecule has 1 saturated carbocycles. The second-order valence-corrected chi connectivity index (χ2v) is 8.40. The van der Waals surface area contributed by atoms with Gasteiger partial charge >= 0.3 is 0 Å². The third-order valence-electron chi connectivity index (χ3n) is 4.59. The molecule has 2 rings (SSSR count). The maximum absolute atomic E-state index is 12.2. The van der Waals surface area contributed by atoms with Crippen LogP contribution in [0.5, 0.6) is 0 Å². The van der Waals surface area contributed by atoms with Crippen molar-refractivity contribution in [3.05, 3.63) is 0 Å². The molecule has 0 aromatic rings. The van der Waals surface area contributed by atoms with Gasteiger partial charge in [-0.2, -0.15) is 0 Å². The number of ketones is 1. The number of hydrogen-bond donors (Lipinski definition) is 0. The van der Waals surface area contributed by atoms with Crippen molar-refractivity contribution in [2.24, 2.45) is 17.8 Å². The van der Waals surface area contributed by atoms with Crippen molar-refractivity contribution in [2.75, 3.05) is 19.3 Å². The lowest BCUT2D eigenvalue weighted by Crippen LogP contribution is -2.40. The molecule has 2 fully saturated rings. The second kappa shape index (κ2) is 5.92. The van der Waals surface area contributed by atoms with E-state index in [9.17, 15) is 13.2 Å². The van der Waals surface area contributed by atoms with Gasteiger partial charge in [0.2, 0.25) is 10.0 Å². The third kappa shape index (κ3) is 4.02. The van der Waals surface area contributed by atoms with Gasteiger partial charge in [-0.15, -0.1) is 0 Å². The van der Waals surface area contributed by atoms with Crippen molar-refractivity contribution in [2.45, 2.75) is 45.4 Å². The number of nitrogens with zero attached hydrogens (tertiary/aromatic N) is 1. The van der Waals surface area contributed by atoms with E-state index < -0.39 is 10.0 Å². The van der Waals surface area contributed by atoms with E-state index in [1.165, 1.54) is 10.6 Å². The minimum atomic E-state index is -3.10. The van der Waals surface area contributed by atoms with Gasteiger partial charge in [-0.25, -0.2) is 12.7 Å². The molecule has 0 radical (unpaired) electrons. The Morgan fingerprint density at radius 2 is 2.00 bits per heavy atom. The maximum atomic E-state index is 12.2. The summed E-state index contributed by atoms with van der Waals surface area (Å²) >= 11 is 0. The van der Waals surface area contributed by atoms with Crippen molar-refractivity contribution in [3.8, 4) is 0 Å². The van der Waals surface area contributed by atoms with Crippen LogP contribution in [0.1, 0.15) is 45.4 Å². The molecule has 0 spiro atoms. The summed E-state index contributed by atoms with van der Waals surface area (Å²) in [5.74, 6) is 1.51. The summed E-state index contributed by atoms with van der Waals surface area (Å²) in [6.45, 7) is 3.36. The van der Waals surface area contributed by atoms with Crippen LogP contribution in [0, 0.1) is 17.8 Å². The first-order chi connectivity index (χ1) is 8.86. The predicted octanol–water partition coefficient (Wildman–Crippen LogP) is 2.05. The van der Waals surface area contributed by atoms with Crippen molar-refractivity contribution in [1.29, 1.82) is 0 Å². The van der Waals surface area contributed by atoms with E-state index in [0.29, 0.717) is 31.2 Å². The Balaban J connectivity index is 1.87. The average Bonchev–Trinajstić information content (AvgIpc) is 2.75. The van der Waals surface area contributed by atoms with E-state index in [1.54, 1.807) is 0 Å². The normalized spacial score (nSPS) is 33.5. The molecular formula is C14H25NO3S. The molecule has 110 valence electrons. The van der Waals surface area contributed by atoms with Gasteiger partial charge in [0, 0.05) is 25.4 Å². The maximum Gasteiger partial charge on any atom is 0.211 e. The Hall–Kier alpha value is -0.420. The van der Waals surface area contributed by atoms with Crippen LogP contribution in [0.3, 0.4) is 0 Å². The fourth-order valence-corrected chi connectivity index (χ4v) is 4.39. The molecule has 1 aliphatic carbocycles. The van der Waals surface area contributed by atoms with E-state index in [4.69, 9.17) is 0 Å². The largest absolute Gasteiger partial charge is 0.299 e. The standard InChI is InChI=1S/C14H25NO3S/c1-11-5-6-13(8-11)14(16)9-12-4-3-7-15(10-12)19(2,17)18/h11-13H,3-10H2,1-2H3. The summed E-state index contributed by atoms with van der Waals surface area (Å²) in [6, 6.07) is 0. The molecule has 0 aromatic carbocycles. The summed E-state index contributed by atoms with van der Waals surface area (Å²) in [6.07, 6.45) is 6.92. The van der Waals surface area contributed by atoms with Crippen LogP contribution in [0.15, 0.2) is 0 Å². The molecule has 0 aromatic heterocycles. The Morgan fingerprint density at radius 1 is 1.26 bits per heavy atom. The fraction of sp³-hybridized carbons (Fsp3) is 0.929. The van der Waals surface area contributed by atoms with Gasteiger partial charge in [-0.1, -0.05) is 6.92 Å². The van der Waals surface area contributed by atoms with Crippen LogP contribution in [0.25, 0.3) is 0 Å². The van der Waals surface area contributed by atoms with Gasteiger partial charge in [-0.3, -0.25) is 4.79 Å². The molecule has 3 atom stereocenters. The van der Waals surface area contributed by atoms with E-state index in [-0.39, 0.29) is 11.8 Å². The lowest BCUT2D eigenvalue weighted by atomic mass is 9.88. The van der Waals surface area contributed by atoms with Gasteiger partial charge in [0.15, 0.2) is 0 Å². The highest BCUT2D eigenvalue weighted by Crippen LogP contribution is 2.33. The highest BCUT2D eigenvalue weighted by Gasteiger charge is 2.31. The molecule has 5 heteroatoms. The lowest BCUT2D eigenvalue weighted by Gasteiger charge is -2.31. The minimum Gasteiger partial charge on any atom is -0.299 e. The van der Waals surface area contributed by atoms with Crippen LogP contribution in [-0.2, 0) is 14.8 Å². The van der Waals surface area contributed by atoms with Crippen LogP contribution >= 0.6 is 0 Å². The van der Waals surface area contributed by atoms with Gasteiger partial charge in [0.1, 0.15) is 5.78 Å². The lowest BCUT2D eigenvalue weighted by molar-refractivity contribution is -0.124. The highest BCUT2D eigenvalue weighted by atomic mass is 32.2. The molecule has 0 bridgehead atoms. The molecule has 0 amide bonds.